The van der Waals surface area contributed by atoms with Gasteiger partial charge in [0.2, 0.25) is 5.91 Å². The summed E-state index contributed by atoms with van der Waals surface area (Å²) in [5.74, 6) is -0.703. The molecule has 1 aliphatic rings. The standard InChI is InChI=1S/C15H28N2O3/c1-5-10(2)12(16)13(18)17-8-6-7-11(9-17)15(3,4)14(19)20/h10-12H,5-9,16H2,1-4H3,(H,19,20). The van der Waals surface area contributed by atoms with Crippen LogP contribution in [0.25, 0.3) is 0 Å². The van der Waals surface area contributed by atoms with Gasteiger partial charge >= 0.3 is 5.97 Å². The lowest BCUT2D eigenvalue weighted by Gasteiger charge is -2.40. The molecule has 0 aromatic rings. The smallest absolute Gasteiger partial charge is 0.309 e. The number of nitrogens with zero attached hydrogens (tertiary/aromatic N) is 1. The third kappa shape index (κ3) is 3.51. The van der Waals surface area contributed by atoms with Crippen LogP contribution in [0, 0.1) is 17.3 Å². The van der Waals surface area contributed by atoms with E-state index in [4.69, 9.17) is 5.73 Å². The largest absolute Gasteiger partial charge is 0.481 e. The summed E-state index contributed by atoms with van der Waals surface area (Å²) in [6.07, 6.45) is 2.56. The molecular weight excluding hydrogens is 256 g/mol. The Morgan fingerprint density at radius 3 is 2.55 bits per heavy atom. The second-order valence-electron chi connectivity index (χ2n) is 6.56. The molecule has 116 valence electrons. The van der Waals surface area contributed by atoms with Crippen molar-refractivity contribution >= 4 is 11.9 Å². The Morgan fingerprint density at radius 1 is 1.45 bits per heavy atom. The molecule has 0 aromatic heterocycles. The minimum atomic E-state index is -0.806. The van der Waals surface area contributed by atoms with Crippen LogP contribution in [0.2, 0.25) is 0 Å². The van der Waals surface area contributed by atoms with Gasteiger partial charge in [0, 0.05) is 13.1 Å². The van der Waals surface area contributed by atoms with Gasteiger partial charge in [-0.05, 0) is 38.5 Å². The average Bonchev–Trinajstić information content (AvgIpc) is 2.44. The van der Waals surface area contributed by atoms with Crippen LogP contribution in [0.15, 0.2) is 0 Å². The quantitative estimate of drug-likeness (QED) is 0.805. The number of hydrogen-bond donors (Lipinski definition) is 2. The summed E-state index contributed by atoms with van der Waals surface area (Å²) in [5.41, 5.74) is 5.20. The van der Waals surface area contributed by atoms with E-state index in [2.05, 4.69) is 0 Å². The average molecular weight is 284 g/mol. The minimum Gasteiger partial charge on any atom is -0.481 e. The molecule has 0 saturated carbocycles. The molecule has 0 bridgehead atoms. The van der Waals surface area contributed by atoms with E-state index in [0.717, 1.165) is 19.3 Å². The maximum absolute atomic E-state index is 12.4. The highest BCUT2D eigenvalue weighted by Crippen LogP contribution is 2.34. The highest BCUT2D eigenvalue weighted by Gasteiger charge is 2.40. The molecule has 3 atom stereocenters. The van der Waals surface area contributed by atoms with Gasteiger partial charge < -0.3 is 15.7 Å². The Kier molecular flexibility index (Phi) is 5.57. The van der Waals surface area contributed by atoms with E-state index in [1.807, 2.05) is 13.8 Å². The van der Waals surface area contributed by atoms with Gasteiger partial charge in [0.05, 0.1) is 11.5 Å². The normalized spacial score (nSPS) is 23.2. The molecule has 1 heterocycles. The maximum atomic E-state index is 12.4. The first kappa shape index (κ1) is 17.0. The summed E-state index contributed by atoms with van der Waals surface area (Å²) in [6.45, 7) is 8.66. The zero-order valence-corrected chi connectivity index (χ0v) is 13.1. The van der Waals surface area contributed by atoms with Gasteiger partial charge in [0.1, 0.15) is 0 Å². The van der Waals surface area contributed by atoms with Crippen molar-refractivity contribution in [2.24, 2.45) is 23.0 Å². The first-order valence-electron chi connectivity index (χ1n) is 7.49. The van der Waals surface area contributed by atoms with Crippen molar-refractivity contribution in [3.8, 4) is 0 Å². The Hall–Kier alpha value is -1.10. The van der Waals surface area contributed by atoms with Crippen molar-refractivity contribution in [1.29, 1.82) is 0 Å². The van der Waals surface area contributed by atoms with Crippen molar-refractivity contribution in [1.82, 2.24) is 4.90 Å². The second-order valence-corrected chi connectivity index (χ2v) is 6.56. The molecule has 20 heavy (non-hydrogen) atoms. The molecule has 0 spiro atoms. The number of carboxylic acid groups (broad SMARTS) is 1. The zero-order chi connectivity index (χ0) is 15.5. The lowest BCUT2D eigenvalue weighted by atomic mass is 9.74. The molecule has 0 aromatic carbocycles. The lowest BCUT2D eigenvalue weighted by molar-refractivity contribution is -0.153. The molecule has 1 aliphatic heterocycles. The van der Waals surface area contributed by atoms with Crippen LogP contribution in [-0.2, 0) is 9.59 Å². The summed E-state index contributed by atoms with van der Waals surface area (Å²) >= 11 is 0. The van der Waals surface area contributed by atoms with Crippen LogP contribution < -0.4 is 5.73 Å². The summed E-state index contributed by atoms with van der Waals surface area (Å²) in [6, 6.07) is -0.480. The Morgan fingerprint density at radius 2 is 2.05 bits per heavy atom. The molecule has 1 fully saturated rings. The van der Waals surface area contributed by atoms with E-state index in [1.165, 1.54) is 0 Å². The van der Waals surface area contributed by atoms with E-state index >= 15 is 0 Å². The zero-order valence-electron chi connectivity index (χ0n) is 13.1. The van der Waals surface area contributed by atoms with Crippen LogP contribution in [0.1, 0.15) is 47.0 Å². The fourth-order valence-electron chi connectivity index (χ4n) is 2.65. The van der Waals surface area contributed by atoms with Crippen molar-refractivity contribution in [3.05, 3.63) is 0 Å². The highest BCUT2D eigenvalue weighted by atomic mass is 16.4. The van der Waals surface area contributed by atoms with E-state index in [0.29, 0.717) is 13.1 Å². The van der Waals surface area contributed by atoms with Crippen molar-refractivity contribution in [2.75, 3.05) is 13.1 Å². The molecule has 5 heteroatoms. The molecule has 5 nitrogen and oxygen atoms in total. The van der Waals surface area contributed by atoms with Gasteiger partial charge in [-0.2, -0.15) is 0 Å². The fraction of sp³-hybridized carbons (Fsp3) is 0.867. The summed E-state index contributed by atoms with van der Waals surface area (Å²) in [5, 5.41) is 9.33. The predicted octanol–water partition coefficient (Wildman–Crippen LogP) is 1.71. The lowest BCUT2D eigenvalue weighted by Crippen LogP contribution is -2.53. The Labute approximate surface area is 121 Å². The number of likely N-dealkylation sites (tertiary alicyclic amines) is 1. The monoisotopic (exact) mass is 284 g/mol. The van der Waals surface area contributed by atoms with E-state index < -0.39 is 17.4 Å². The number of piperidine rings is 1. The number of rotatable bonds is 5. The number of carboxylic acids is 1. The SMILES string of the molecule is CCC(C)C(N)C(=O)N1CCCC(C(C)(C)C(=O)O)C1. The molecule has 1 saturated heterocycles. The second kappa shape index (κ2) is 6.57. The van der Waals surface area contributed by atoms with Gasteiger partial charge in [-0.1, -0.05) is 20.3 Å². The maximum Gasteiger partial charge on any atom is 0.309 e. The van der Waals surface area contributed by atoms with Crippen LogP contribution in [0.4, 0.5) is 0 Å². The summed E-state index contributed by atoms with van der Waals surface area (Å²) in [7, 11) is 0. The van der Waals surface area contributed by atoms with E-state index in [9.17, 15) is 14.7 Å². The van der Waals surface area contributed by atoms with Gasteiger partial charge in [-0.15, -0.1) is 0 Å². The van der Waals surface area contributed by atoms with Crippen LogP contribution >= 0.6 is 0 Å². The third-order valence-corrected chi connectivity index (χ3v) is 4.85. The topological polar surface area (TPSA) is 83.6 Å². The first-order valence-corrected chi connectivity index (χ1v) is 7.49. The number of carbonyl (C=O) groups excluding carboxylic acids is 1. The third-order valence-electron chi connectivity index (χ3n) is 4.85. The number of hydrogen-bond acceptors (Lipinski definition) is 3. The summed E-state index contributed by atoms with van der Waals surface area (Å²) < 4.78 is 0. The van der Waals surface area contributed by atoms with E-state index in [-0.39, 0.29) is 17.7 Å². The summed E-state index contributed by atoms with van der Waals surface area (Å²) in [4.78, 5) is 25.5. The molecule has 3 unspecified atom stereocenters. The molecule has 3 N–H and O–H groups in total. The van der Waals surface area contributed by atoms with Crippen LogP contribution in [0.3, 0.4) is 0 Å². The van der Waals surface area contributed by atoms with Crippen molar-refractivity contribution in [3.63, 3.8) is 0 Å². The first-order chi connectivity index (χ1) is 9.21. The molecule has 1 rings (SSSR count). The molecule has 0 aliphatic carbocycles. The van der Waals surface area contributed by atoms with Gasteiger partial charge in [0.15, 0.2) is 0 Å². The van der Waals surface area contributed by atoms with Crippen molar-refractivity contribution in [2.45, 2.75) is 53.0 Å². The number of amides is 1. The number of aliphatic carboxylic acids is 1. The molecule has 0 radical (unpaired) electrons. The van der Waals surface area contributed by atoms with Crippen LogP contribution in [-0.4, -0.2) is 41.0 Å². The Bertz CT molecular complexity index is 368. The number of carbonyl (C=O) groups is 2. The highest BCUT2D eigenvalue weighted by molar-refractivity contribution is 5.82. The minimum absolute atomic E-state index is 0.0122. The van der Waals surface area contributed by atoms with Crippen LogP contribution in [0.5, 0.6) is 0 Å². The van der Waals surface area contributed by atoms with Crippen molar-refractivity contribution < 1.29 is 14.7 Å². The fourth-order valence-corrected chi connectivity index (χ4v) is 2.65. The van der Waals surface area contributed by atoms with Gasteiger partial charge in [-0.25, -0.2) is 0 Å². The van der Waals surface area contributed by atoms with Gasteiger partial charge in [0.25, 0.3) is 0 Å². The predicted molar refractivity (Wildman–Crippen MR) is 78.2 cm³/mol. The Balaban J connectivity index is 2.75. The molecule has 1 amide bonds. The van der Waals surface area contributed by atoms with Gasteiger partial charge in [-0.3, -0.25) is 9.59 Å². The molecular formula is C15H28N2O3. The van der Waals surface area contributed by atoms with E-state index in [1.54, 1.807) is 18.7 Å². The number of nitrogens with two attached hydrogens (primary N) is 1.